The van der Waals surface area contributed by atoms with E-state index in [-0.39, 0.29) is 11.3 Å². The van der Waals surface area contributed by atoms with Crippen molar-refractivity contribution in [2.24, 2.45) is 17.1 Å². The highest BCUT2D eigenvalue weighted by Gasteiger charge is 2.20. The van der Waals surface area contributed by atoms with E-state index in [0.29, 0.717) is 13.0 Å². The van der Waals surface area contributed by atoms with Crippen LogP contribution in [0.3, 0.4) is 0 Å². The van der Waals surface area contributed by atoms with Gasteiger partial charge in [-0.25, -0.2) is 0 Å². The van der Waals surface area contributed by atoms with Gasteiger partial charge in [0.1, 0.15) is 0 Å². The molecular weight excluding hydrogens is 200 g/mol. The summed E-state index contributed by atoms with van der Waals surface area (Å²) < 4.78 is 0. The molecule has 1 fully saturated rings. The number of hydrogen-bond acceptors (Lipinski definition) is 2. The van der Waals surface area contributed by atoms with E-state index in [4.69, 9.17) is 5.73 Å². The Morgan fingerprint density at radius 3 is 2.56 bits per heavy atom. The lowest BCUT2D eigenvalue weighted by atomic mass is 9.89. The molecule has 0 bridgehead atoms. The number of nitrogens with one attached hydrogen (secondary N) is 1. The zero-order valence-corrected chi connectivity index (χ0v) is 10.7. The van der Waals surface area contributed by atoms with Gasteiger partial charge in [-0.1, -0.05) is 39.5 Å². The maximum Gasteiger partial charge on any atom is 0.220 e. The summed E-state index contributed by atoms with van der Waals surface area (Å²) in [5.41, 5.74) is 5.53. The van der Waals surface area contributed by atoms with Crippen LogP contribution in [-0.4, -0.2) is 19.0 Å². The highest BCUT2D eigenvalue weighted by atomic mass is 16.1. The van der Waals surface area contributed by atoms with Gasteiger partial charge in [0.25, 0.3) is 0 Å². The molecule has 1 rings (SSSR count). The standard InChI is InChI=1S/C13H26N2O/c1-13(2,10-14)9-12(16)15-8-7-11-5-3-4-6-11/h11H,3-10,14H2,1-2H3,(H,15,16). The number of nitrogens with two attached hydrogens (primary N) is 1. The van der Waals surface area contributed by atoms with E-state index in [1.807, 2.05) is 13.8 Å². The van der Waals surface area contributed by atoms with E-state index in [1.165, 1.54) is 25.7 Å². The lowest BCUT2D eigenvalue weighted by molar-refractivity contribution is -0.122. The SMILES string of the molecule is CC(C)(CN)CC(=O)NCCC1CCCC1. The highest BCUT2D eigenvalue weighted by molar-refractivity contribution is 5.76. The number of hydrogen-bond donors (Lipinski definition) is 2. The predicted octanol–water partition coefficient (Wildman–Crippen LogP) is 2.06. The van der Waals surface area contributed by atoms with Gasteiger partial charge in [-0.2, -0.15) is 0 Å². The predicted molar refractivity (Wildman–Crippen MR) is 67.0 cm³/mol. The number of amides is 1. The molecule has 0 aliphatic heterocycles. The normalized spacial score (nSPS) is 17.7. The molecule has 1 saturated carbocycles. The van der Waals surface area contributed by atoms with Crippen LogP contribution in [0.25, 0.3) is 0 Å². The third-order valence-electron chi connectivity index (χ3n) is 3.54. The van der Waals surface area contributed by atoms with Gasteiger partial charge in [-0.3, -0.25) is 4.79 Å². The summed E-state index contributed by atoms with van der Waals surface area (Å²) in [7, 11) is 0. The average Bonchev–Trinajstić information content (AvgIpc) is 2.70. The first kappa shape index (κ1) is 13.5. The van der Waals surface area contributed by atoms with Crippen molar-refractivity contribution in [3.8, 4) is 0 Å². The van der Waals surface area contributed by atoms with Crippen LogP contribution in [-0.2, 0) is 4.79 Å². The maximum atomic E-state index is 11.6. The fourth-order valence-electron chi connectivity index (χ4n) is 2.28. The van der Waals surface area contributed by atoms with Crippen molar-refractivity contribution in [1.82, 2.24) is 5.32 Å². The first-order chi connectivity index (χ1) is 7.53. The lowest BCUT2D eigenvalue weighted by Gasteiger charge is -2.21. The molecule has 0 heterocycles. The third kappa shape index (κ3) is 4.97. The smallest absolute Gasteiger partial charge is 0.220 e. The molecule has 0 spiro atoms. The van der Waals surface area contributed by atoms with E-state index in [2.05, 4.69) is 5.32 Å². The number of carbonyl (C=O) groups excluding carboxylic acids is 1. The molecule has 3 N–H and O–H groups in total. The largest absolute Gasteiger partial charge is 0.356 e. The summed E-state index contributed by atoms with van der Waals surface area (Å²) >= 11 is 0. The topological polar surface area (TPSA) is 55.1 Å². The summed E-state index contributed by atoms with van der Waals surface area (Å²) in [6, 6.07) is 0. The van der Waals surface area contributed by atoms with Crippen molar-refractivity contribution in [2.45, 2.75) is 52.4 Å². The summed E-state index contributed by atoms with van der Waals surface area (Å²) in [4.78, 5) is 11.6. The Morgan fingerprint density at radius 2 is 2.00 bits per heavy atom. The number of rotatable bonds is 6. The average molecular weight is 226 g/mol. The minimum atomic E-state index is -0.0720. The molecule has 0 radical (unpaired) electrons. The molecule has 0 aromatic carbocycles. The zero-order valence-electron chi connectivity index (χ0n) is 10.7. The first-order valence-corrected chi connectivity index (χ1v) is 6.50. The van der Waals surface area contributed by atoms with Crippen molar-refractivity contribution in [3.63, 3.8) is 0 Å². The number of carbonyl (C=O) groups is 1. The van der Waals surface area contributed by atoms with Crippen LogP contribution in [0, 0.1) is 11.3 Å². The van der Waals surface area contributed by atoms with E-state index < -0.39 is 0 Å². The Morgan fingerprint density at radius 1 is 1.38 bits per heavy atom. The van der Waals surface area contributed by atoms with Crippen molar-refractivity contribution >= 4 is 5.91 Å². The van der Waals surface area contributed by atoms with Gasteiger partial charge in [0, 0.05) is 13.0 Å². The minimum Gasteiger partial charge on any atom is -0.356 e. The van der Waals surface area contributed by atoms with Crippen molar-refractivity contribution in [3.05, 3.63) is 0 Å². The van der Waals surface area contributed by atoms with Crippen LogP contribution < -0.4 is 11.1 Å². The molecule has 3 heteroatoms. The van der Waals surface area contributed by atoms with Crippen LogP contribution in [0.5, 0.6) is 0 Å². The lowest BCUT2D eigenvalue weighted by Crippen LogP contribution is -2.33. The summed E-state index contributed by atoms with van der Waals surface area (Å²) in [5, 5.41) is 3.01. The molecule has 94 valence electrons. The van der Waals surface area contributed by atoms with Crippen LogP contribution >= 0.6 is 0 Å². The zero-order chi connectivity index (χ0) is 12.0. The van der Waals surface area contributed by atoms with E-state index >= 15 is 0 Å². The Labute approximate surface area is 99.2 Å². The third-order valence-corrected chi connectivity index (χ3v) is 3.54. The van der Waals surface area contributed by atoms with Gasteiger partial charge in [0.15, 0.2) is 0 Å². The molecule has 0 aromatic rings. The van der Waals surface area contributed by atoms with Crippen LogP contribution in [0.15, 0.2) is 0 Å². The van der Waals surface area contributed by atoms with Gasteiger partial charge in [0.05, 0.1) is 0 Å². The van der Waals surface area contributed by atoms with Gasteiger partial charge in [-0.05, 0) is 24.3 Å². The van der Waals surface area contributed by atoms with E-state index in [1.54, 1.807) is 0 Å². The second-order valence-corrected chi connectivity index (χ2v) is 5.83. The van der Waals surface area contributed by atoms with Crippen molar-refractivity contribution < 1.29 is 4.79 Å². The molecule has 16 heavy (non-hydrogen) atoms. The Balaban J connectivity index is 2.10. The molecule has 3 nitrogen and oxygen atoms in total. The molecule has 0 unspecified atom stereocenters. The van der Waals surface area contributed by atoms with Crippen molar-refractivity contribution in [1.29, 1.82) is 0 Å². The molecule has 0 aromatic heterocycles. The summed E-state index contributed by atoms with van der Waals surface area (Å²) in [6.45, 7) is 5.46. The van der Waals surface area contributed by atoms with Crippen molar-refractivity contribution in [2.75, 3.05) is 13.1 Å². The highest BCUT2D eigenvalue weighted by Crippen LogP contribution is 2.27. The molecule has 1 amide bonds. The van der Waals surface area contributed by atoms with E-state index in [0.717, 1.165) is 18.9 Å². The van der Waals surface area contributed by atoms with Gasteiger partial charge >= 0.3 is 0 Å². The fraction of sp³-hybridized carbons (Fsp3) is 0.923. The fourth-order valence-corrected chi connectivity index (χ4v) is 2.28. The maximum absolute atomic E-state index is 11.6. The quantitative estimate of drug-likeness (QED) is 0.728. The second kappa shape index (κ2) is 6.24. The molecular formula is C13H26N2O. The monoisotopic (exact) mass is 226 g/mol. The Kier molecular flexibility index (Phi) is 5.26. The summed E-state index contributed by atoms with van der Waals surface area (Å²) in [5.74, 6) is 0.997. The minimum absolute atomic E-state index is 0.0720. The van der Waals surface area contributed by atoms with Crippen LogP contribution in [0.1, 0.15) is 52.4 Å². The molecule has 0 atom stereocenters. The van der Waals surface area contributed by atoms with Crippen LogP contribution in [0.2, 0.25) is 0 Å². The van der Waals surface area contributed by atoms with E-state index in [9.17, 15) is 4.79 Å². The summed E-state index contributed by atoms with van der Waals surface area (Å²) in [6.07, 6.45) is 7.13. The van der Waals surface area contributed by atoms with Gasteiger partial charge in [-0.15, -0.1) is 0 Å². The Hall–Kier alpha value is -0.570. The first-order valence-electron chi connectivity index (χ1n) is 6.50. The van der Waals surface area contributed by atoms with Crippen LogP contribution in [0.4, 0.5) is 0 Å². The Bertz CT molecular complexity index is 220. The molecule has 0 saturated heterocycles. The molecule has 1 aliphatic carbocycles. The second-order valence-electron chi connectivity index (χ2n) is 5.83. The molecule has 1 aliphatic rings. The van der Waals surface area contributed by atoms with Gasteiger partial charge < -0.3 is 11.1 Å². The van der Waals surface area contributed by atoms with Gasteiger partial charge in [0.2, 0.25) is 5.91 Å².